The lowest BCUT2D eigenvalue weighted by molar-refractivity contribution is -0.227. The van der Waals surface area contributed by atoms with E-state index in [2.05, 4.69) is 33.2 Å². The van der Waals surface area contributed by atoms with Crippen LogP contribution in [0.1, 0.15) is 30.6 Å². The van der Waals surface area contributed by atoms with Crippen LogP contribution in [-0.2, 0) is 19.0 Å². The maximum Gasteiger partial charge on any atom is 0.251 e. The Bertz CT molecular complexity index is 1350. The second-order valence-electron chi connectivity index (χ2n) is 11.8. The minimum atomic E-state index is -1.21. The summed E-state index contributed by atoms with van der Waals surface area (Å²) in [6, 6.07) is 7.33. The Kier molecular flexibility index (Phi) is 9.34. The molecule has 3 saturated heterocycles. The molecule has 4 atom stereocenters. The zero-order valence-electron chi connectivity index (χ0n) is 25.2. The molecule has 4 heterocycles. The van der Waals surface area contributed by atoms with Gasteiger partial charge >= 0.3 is 0 Å². The van der Waals surface area contributed by atoms with Crippen molar-refractivity contribution in [2.24, 2.45) is 11.8 Å². The molecule has 1 aromatic heterocycles. The average Bonchev–Trinajstić information content (AvgIpc) is 3.69. The first-order valence-electron chi connectivity index (χ1n) is 14.5. The highest BCUT2D eigenvalue weighted by Crippen LogP contribution is 2.41. The van der Waals surface area contributed by atoms with Gasteiger partial charge in [0.05, 0.1) is 12.0 Å². The molecule has 13 heteroatoms. The van der Waals surface area contributed by atoms with Crippen molar-refractivity contribution in [1.82, 2.24) is 20.1 Å². The molecule has 0 spiro atoms. The molecule has 3 aliphatic heterocycles. The van der Waals surface area contributed by atoms with Gasteiger partial charge in [0, 0.05) is 58.1 Å². The number of anilines is 1. The van der Waals surface area contributed by atoms with Crippen LogP contribution < -0.4 is 10.2 Å². The number of benzene rings is 1. The monoisotopic (exact) mass is 614 g/mol. The summed E-state index contributed by atoms with van der Waals surface area (Å²) in [6.45, 7) is 7.54. The van der Waals surface area contributed by atoms with Crippen molar-refractivity contribution in [2.45, 2.75) is 44.2 Å². The lowest BCUT2D eigenvalue weighted by atomic mass is 9.98. The molecule has 232 valence electrons. The molecular weight excluding hydrogens is 575 g/mol. The Morgan fingerprint density at radius 3 is 2.49 bits per heavy atom. The minimum absolute atomic E-state index is 0.0846. The Labute approximate surface area is 255 Å². The molecule has 2 amide bonds. The van der Waals surface area contributed by atoms with Crippen LogP contribution in [0.5, 0.6) is 0 Å². The van der Waals surface area contributed by atoms with Crippen molar-refractivity contribution >= 4 is 28.3 Å². The summed E-state index contributed by atoms with van der Waals surface area (Å²) in [5.41, 5.74) is 1.16. The molecule has 2 aromatic rings. The fourth-order valence-electron chi connectivity index (χ4n) is 6.12. The van der Waals surface area contributed by atoms with Crippen LogP contribution in [-0.4, -0.2) is 111 Å². The molecule has 1 N–H and O–H groups in total. The predicted molar refractivity (Wildman–Crippen MR) is 159 cm³/mol. The largest absolute Gasteiger partial charge is 0.369 e. The summed E-state index contributed by atoms with van der Waals surface area (Å²) in [5.74, 6) is -2.41. The van der Waals surface area contributed by atoms with Gasteiger partial charge in [-0.15, -0.1) is 0 Å². The van der Waals surface area contributed by atoms with Gasteiger partial charge in [-0.05, 0) is 31.5 Å². The van der Waals surface area contributed by atoms with E-state index in [1.54, 1.807) is 29.2 Å². The number of halogens is 1. The van der Waals surface area contributed by atoms with Crippen LogP contribution in [0.4, 0.5) is 9.52 Å². The van der Waals surface area contributed by atoms with E-state index < -0.39 is 35.8 Å². The maximum atomic E-state index is 14.9. The highest BCUT2D eigenvalue weighted by Gasteiger charge is 2.62. The topological polar surface area (TPSA) is 120 Å². The van der Waals surface area contributed by atoms with Crippen molar-refractivity contribution in [3.63, 3.8) is 0 Å². The van der Waals surface area contributed by atoms with Gasteiger partial charge in [-0.1, -0.05) is 37.3 Å². The number of carbonyl (C=O) groups excluding carboxylic acids is 2. The van der Waals surface area contributed by atoms with Crippen molar-refractivity contribution < 1.29 is 28.2 Å². The van der Waals surface area contributed by atoms with E-state index in [1.165, 1.54) is 14.2 Å². The van der Waals surface area contributed by atoms with Crippen LogP contribution in [0, 0.1) is 28.3 Å². The van der Waals surface area contributed by atoms with Gasteiger partial charge in [-0.3, -0.25) is 9.59 Å². The number of aromatic nitrogens is 1. The van der Waals surface area contributed by atoms with E-state index >= 15 is 0 Å². The highest BCUT2D eigenvalue weighted by molar-refractivity contribution is 7.14. The first-order valence-corrected chi connectivity index (χ1v) is 15.4. The van der Waals surface area contributed by atoms with E-state index in [1.807, 2.05) is 13.8 Å². The molecule has 1 aromatic carbocycles. The minimum Gasteiger partial charge on any atom is -0.369 e. The molecule has 11 nitrogen and oxygen atoms in total. The normalized spacial score (nSPS) is 24.2. The number of likely N-dealkylation sites (N-methyl/N-ethyl adjacent to an activating group) is 1. The third kappa shape index (κ3) is 6.12. The van der Waals surface area contributed by atoms with Crippen LogP contribution in [0.2, 0.25) is 0 Å². The molecule has 0 radical (unpaired) electrons. The zero-order chi connectivity index (χ0) is 30.9. The number of fused-ring (bicyclic) bond motifs is 1. The van der Waals surface area contributed by atoms with Gasteiger partial charge in [-0.25, -0.2) is 4.98 Å². The standard InChI is InChI=1S/C30H39FN6O5S/c1-18(2)14-22(28(39)37-16-21(15-32)24-25(37)30(40-4,41-5)17-42-24)33-27(38)20-8-6-19(7-9-20)23-26(31)43-29(34-23)36-12-10-35(3)11-13-36/h6-9,18,21-22,24-25H,10-14,16-17H2,1-5H3,(H,33,38). The number of nitrogens with one attached hydrogen (secondary N) is 1. The molecule has 5 rings (SSSR count). The summed E-state index contributed by atoms with van der Waals surface area (Å²) in [5, 5.41) is 12.9. The maximum absolute atomic E-state index is 14.9. The molecule has 3 fully saturated rings. The Morgan fingerprint density at radius 2 is 1.88 bits per heavy atom. The lowest BCUT2D eigenvalue weighted by Crippen LogP contribution is -2.58. The highest BCUT2D eigenvalue weighted by atomic mass is 32.1. The molecule has 4 unspecified atom stereocenters. The van der Waals surface area contributed by atoms with Gasteiger partial charge in [-0.2, -0.15) is 9.65 Å². The Hall–Kier alpha value is -3.15. The Morgan fingerprint density at radius 1 is 1.21 bits per heavy atom. The molecule has 0 aliphatic carbocycles. The second kappa shape index (κ2) is 12.8. The van der Waals surface area contributed by atoms with E-state index in [4.69, 9.17) is 14.2 Å². The fourth-order valence-corrected chi connectivity index (χ4v) is 6.99. The molecule has 3 aliphatic rings. The first kappa shape index (κ1) is 31.3. The fraction of sp³-hybridized carbons (Fsp3) is 0.600. The number of carbonyl (C=O) groups is 2. The lowest BCUT2D eigenvalue weighted by Gasteiger charge is -2.37. The second-order valence-corrected chi connectivity index (χ2v) is 12.7. The number of likely N-dealkylation sites (tertiary alicyclic amines) is 1. The number of thiazole rings is 1. The van der Waals surface area contributed by atoms with Gasteiger partial charge in [0.2, 0.25) is 16.8 Å². The van der Waals surface area contributed by atoms with E-state index in [-0.39, 0.29) is 35.8 Å². The predicted octanol–water partition coefficient (Wildman–Crippen LogP) is 2.58. The van der Waals surface area contributed by atoms with Crippen LogP contribution in [0.15, 0.2) is 24.3 Å². The summed E-state index contributed by atoms with van der Waals surface area (Å²) in [7, 11) is 5.03. The van der Waals surface area contributed by atoms with Crippen molar-refractivity contribution in [3.05, 3.63) is 35.0 Å². The zero-order valence-corrected chi connectivity index (χ0v) is 26.0. The van der Waals surface area contributed by atoms with E-state index in [0.717, 1.165) is 37.5 Å². The number of methoxy groups -OCH3 is 2. The van der Waals surface area contributed by atoms with Crippen molar-refractivity contribution in [1.29, 1.82) is 5.26 Å². The molecule has 0 saturated carbocycles. The summed E-state index contributed by atoms with van der Waals surface area (Å²) < 4.78 is 32.1. The smallest absolute Gasteiger partial charge is 0.251 e. The summed E-state index contributed by atoms with van der Waals surface area (Å²) in [4.78, 5) is 37.8. The summed E-state index contributed by atoms with van der Waals surface area (Å²) in [6.07, 6.45) is -0.166. The van der Waals surface area contributed by atoms with Crippen molar-refractivity contribution in [2.75, 3.05) is 65.5 Å². The van der Waals surface area contributed by atoms with E-state index in [0.29, 0.717) is 22.7 Å². The number of ether oxygens (including phenoxy) is 3. The molecule has 0 bridgehead atoms. The number of hydrogen-bond acceptors (Lipinski definition) is 10. The number of nitriles is 1. The van der Waals surface area contributed by atoms with Crippen LogP contribution in [0.3, 0.4) is 0 Å². The van der Waals surface area contributed by atoms with Crippen LogP contribution >= 0.6 is 11.3 Å². The van der Waals surface area contributed by atoms with Gasteiger partial charge in [0.15, 0.2) is 5.13 Å². The first-order chi connectivity index (χ1) is 20.6. The third-order valence-corrected chi connectivity index (χ3v) is 9.49. The van der Waals surface area contributed by atoms with Crippen molar-refractivity contribution in [3.8, 4) is 17.3 Å². The Balaban J connectivity index is 1.31. The number of hydrogen-bond donors (Lipinski definition) is 1. The van der Waals surface area contributed by atoms with E-state index in [9.17, 15) is 19.2 Å². The van der Waals surface area contributed by atoms with Crippen LogP contribution in [0.25, 0.3) is 11.3 Å². The SMILES string of the molecule is COC1(OC)COC2C(C#N)CN(C(=O)C(CC(C)C)NC(=O)c3ccc(-c4nc(N5CCN(C)CC5)sc4F)cc3)C21. The number of nitrogens with zero attached hydrogens (tertiary/aromatic N) is 5. The molecular formula is C30H39FN6O5S. The quantitative estimate of drug-likeness (QED) is 0.425. The molecule has 43 heavy (non-hydrogen) atoms. The summed E-state index contributed by atoms with van der Waals surface area (Å²) >= 11 is 1.03. The van der Waals surface area contributed by atoms with Gasteiger partial charge in [0.25, 0.3) is 5.91 Å². The number of amides is 2. The average molecular weight is 615 g/mol. The number of rotatable bonds is 9. The van der Waals surface area contributed by atoms with Gasteiger partial charge < -0.3 is 34.2 Å². The van der Waals surface area contributed by atoms with Gasteiger partial charge in [0.1, 0.15) is 30.5 Å². The third-order valence-electron chi connectivity index (χ3n) is 8.58. The number of piperazine rings is 1.